The van der Waals surface area contributed by atoms with E-state index in [0.717, 1.165) is 12.8 Å². The van der Waals surface area contributed by atoms with Crippen molar-refractivity contribution >= 4 is 27.5 Å². The fourth-order valence-electron chi connectivity index (χ4n) is 7.17. The number of ether oxygens (including phenoxy) is 1. The smallest absolute Gasteiger partial charge is 0.319 e. The third kappa shape index (κ3) is 5.95. The Kier molecular flexibility index (Phi) is 8.26. The molecule has 2 bridgehead atoms. The van der Waals surface area contributed by atoms with Crippen LogP contribution in [0.25, 0.3) is 32.9 Å². The first kappa shape index (κ1) is 31.9. The number of benzene rings is 2. The number of alkyl halides is 2. The number of anilines is 1. The summed E-state index contributed by atoms with van der Waals surface area (Å²) in [5.41, 5.74) is -0.145. The van der Waals surface area contributed by atoms with Gasteiger partial charge in [0.2, 0.25) is 0 Å². The van der Waals surface area contributed by atoms with Crippen LogP contribution < -0.4 is 15.0 Å². The molecule has 7 rings (SSSR count). The summed E-state index contributed by atoms with van der Waals surface area (Å²) in [6.07, 6.45) is 6.75. The van der Waals surface area contributed by atoms with Crippen LogP contribution in [0.4, 0.5) is 23.4 Å². The largest absolute Gasteiger partial charge is 0.508 e. The van der Waals surface area contributed by atoms with Crippen LogP contribution in [0.2, 0.25) is 0 Å². The Labute approximate surface area is 275 Å². The van der Waals surface area contributed by atoms with Crippen LogP contribution >= 0.6 is 0 Å². The molecule has 248 valence electrons. The van der Waals surface area contributed by atoms with Crippen molar-refractivity contribution in [3.8, 4) is 47.2 Å². The molecule has 3 fully saturated rings. The molecule has 0 amide bonds. The molecule has 2 aromatic carbocycles. The van der Waals surface area contributed by atoms with E-state index in [1.54, 1.807) is 13.8 Å². The molecule has 3 atom stereocenters. The van der Waals surface area contributed by atoms with E-state index in [9.17, 15) is 18.3 Å². The van der Waals surface area contributed by atoms with Crippen molar-refractivity contribution in [3.63, 3.8) is 0 Å². The number of nitrogens with zero attached hydrogens (tertiary/aromatic N) is 5. The maximum Gasteiger partial charge on any atom is 0.319 e. The van der Waals surface area contributed by atoms with E-state index in [-0.39, 0.29) is 83.2 Å². The number of hydrogen-bond acceptors (Lipinski definition) is 8. The summed E-state index contributed by atoms with van der Waals surface area (Å²) in [5.74, 6) is 4.25. The number of phenolic OH excluding ortho intramolecular Hbond substituents is 1. The Hall–Kier alpha value is -4.65. The average Bonchev–Trinajstić information content (AvgIpc) is 3.39. The van der Waals surface area contributed by atoms with Crippen molar-refractivity contribution in [2.24, 2.45) is 0 Å². The van der Waals surface area contributed by atoms with E-state index in [1.807, 2.05) is 4.90 Å². The second kappa shape index (κ2) is 12.4. The number of halogens is 4. The van der Waals surface area contributed by atoms with E-state index in [2.05, 4.69) is 37.9 Å². The Morgan fingerprint density at radius 3 is 2.50 bits per heavy atom. The summed E-state index contributed by atoms with van der Waals surface area (Å²) in [5, 5.41) is 15.1. The quantitative estimate of drug-likeness (QED) is 0.204. The number of aromatic nitrogens is 3. The second-order valence-corrected chi connectivity index (χ2v) is 12.8. The molecule has 0 radical (unpaired) electrons. The van der Waals surface area contributed by atoms with Gasteiger partial charge >= 0.3 is 6.01 Å². The third-order valence-corrected chi connectivity index (χ3v) is 9.37. The zero-order valence-electron chi connectivity index (χ0n) is 26.6. The van der Waals surface area contributed by atoms with Crippen LogP contribution in [0.5, 0.6) is 11.8 Å². The molecule has 4 aromatic rings. The number of terminal acetylenes is 1. The lowest BCUT2D eigenvalue weighted by atomic mass is 9.95. The van der Waals surface area contributed by atoms with Gasteiger partial charge in [-0.25, -0.2) is 22.5 Å². The van der Waals surface area contributed by atoms with Crippen LogP contribution in [-0.4, -0.2) is 81.8 Å². The number of piperazine rings is 1. The Morgan fingerprint density at radius 2 is 1.81 bits per heavy atom. The standard InChI is InChI=1S/C36H34F4N6O2/c1-4-6-28-30-33(31(38)32(42-28)26-16-24(47)15-21-7-10-27(37)25(5-2)29(21)26)43-35(44-34(30)46-18-22-8-9-23(19-46)41-22)48-20(3)17-45-13-11-36(39,40)12-14-45/h2,7,10,15-16,20,22-23,41,47H,8-9,11-14,17-19H2,1,3H3/t20-,22-,23+/m0/s1. The maximum atomic E-state index is 17.1. The molecule has 0 unspecified atom stereocenters. The summed E-state index contributed by atoms with van der Waals surface area (Å²) < 4.78 is 65.7. The van der Waals surface area contributed by atoms with Crippen molar-refractivity contribution < 1.29 is 27.4 Å². The topological polar surface area (TPSA) is 86.6 Å². The highest BCUT2D eigenvalue weighted by molar-refractivity contribution is 6.04. The van der Waals surface area contributed by atoms with E-state index >= 15 is 4.39 Å². The Bertz CT molecular complexity index is 2020. The normalized spacial score (nSPS) is 21.1. The molecule has 8 nitrogen and oxygen atoms in total. The highest BCUT2D eigenvalue weighted by atomic mass is 19.3. The van der Waals surface area contributed by atoms with Crippen LogP contribution in [0.1, 0.15) is 50.8 Å². The molecular formula is C36H34F4N6O2. The lowest BCUT2D eigenvalue weighted by Gasteiger charge is -2.35. The minimum absolute atomic E-state index is 0.0779. The van der Waals surface area contributed by atoms with Gasteiger partial charge in [-0.2, -0.15) is 9.97 Å². The molecule has 48 heavy (non-hydrogen) atoms. The molecule has 2 N–H and O–H groups in total. The zero-order chi connectivity index (χ0) is 33.7. The number of piperidine rings is 1. The zero-order valence-corrected chi connectivity index (χ0v) is 26.6. The van der Waals surface area contributed by atoms with Gasteiger partial charge in [0.25, 0.3) is 5.92 Å². The number of pyridine rings is 1. The molecule has 12 heteroatoms. The lowest BCUT2D eigenvalue weighted by molar-refractivity contribution is -0.0595. The monoisotopic (exact) mass is 658 g/mol. The van der Waals surface area contributed by atoms with Crippen molar-refractivity contribution in [1.29, 1.82) is 0 Å². The fraction of sp³-hybridized carbons (Fsp3) is 0.417. The number of rotatable bonds is 6. The Morgan fingerprint density at radius 1 is 1.08 bits per heavy atom. The lowest BCUT2D eigenvalue weighted by Crippen LogP contribution is -2.51. The first-order chi connectivity index (χ1) is 23.0. The van der Waals surface area contributed by atoms with Crippen LogP contribution in [0.3, 0.4) is 0 Å². The minimum Gasteiger partial charge on any atom is -0.508 e. The van der Waals surface area contributed by atoms with Crippen LogP contribution in [-0.2, 0) is 0 Å². The summed E-state index contributed by atoms with van der Waals surface area (Å²) in [7, 11) is 0. The average molecular weight is 659 g/mol. The van der Waals surface area contributed by atoms with Gasteiger partial charge in [-0.05, 0) is 56.2 Å². The third-order valence-electron chi connectivity index (χ3n) is 9.37. The highest BCUT2D eigenvalue weighted by Crippen LogP contribution is 2.40. The van der Waals surface area contributed by atoms with Crippen molar-refractivity contribution in [1.82, 2.24) is 25.2 Å². The predicted octanol–water partition coefficient (Wildman–Crippen LogP) is 5.62. The summed E-state index contributed by atoms with van der Waals surface area (Å²) in [6.45, 7) is 5.48. The van der Waals surface area contributed by atoms with Crippen molar-refractivity contribution in [3.05, 3.63) is 47.2 Å². The van der Waals surface area contributed by atoms with Crippen molar-refractivity contribution in [2.75, 3.05) is 37.6 Å². The van der Waals surface area contributed by atoms with E-state index in [1.165, 1.54) is 24.3 Å². The van der Waals surface area contributed by atoms with Gasteiger partial charge in [0.05, 0.1) is 10.9 Å². The highest BCUT2D eigenvalue weighted by Gasteiger charge is 2.36. The van der Waals surface area contributed by atoms with Gasteiger partial charge in [-0.3, -0.25) is 4.90 Å². The molecule has 5 heterocycles. The van der Waals surface area contributed by atoms with Gasteiger partial charge in [-0.15, -0.1) is 6.42 Å². The van der Waals surface area contributed by atoms with E-state index in [4.69, 9.17) is 16.1 Å². The Balaban J connectivity index is 1.40. The SMILES string of the molecule is C#Cc1c(F)ccc2cc(O)cc(-c3nc(C#CC)c4c(N5C[C@H]6CC[C@@H](C5)N6)nc(O[C@@H](C)CN5CCC(F)(F)CC5)nc4c3F)c12. The number of fused-ring (bicyclic) bond motifs is 4. The molecule has 0 saturated carbocycles. The van der Waals surface area contributed by atoms with Gasteiger partial charge in [0.15, 0.2) is 5.82 Å². The summed E-state index contributed by atoms with van der Waals surface area (Å²) in [6, 6.07) is 5.72. The van der Waals surface area contributed by atoms with Gasteiger partial charge in [-0.1, -0.05) is 17.9 Å². The van der Waals surface area contributed by atoms with Crippen LogP contribution in [0.15, 0.2) is 24.3 Å². The molecule has 2 aromatic heterocycles. The van der Waals surface area contributed by atoms with Gasteiger partial charge in [0.1, 0.15) is 40.4 Å². The molecule has 3 aliphatic heterocycles. The summed E-state index contributed by atoms with van der Waals surface area (Å²) in [4.78, 5) is 18.0. The first-order valence-electron chi connectivity index (χ1n) is 16.1. The number of aromatic hydroxyl groups is 1. The van der Waals surface area contributed by atoms with Gasteiger partial charge in [0, 0.05) is 68.6 Å². The fourth-order valence-corrected chi connectivity index (χ4v) is 7.17. The molecule has 0 aliphatic carbocycles. The molecule has 3 saturated heterocycles. The molecule has 0 spiro atoms. The van der Waals surface area contributed by atoms with Crippen molar-refractivity contribution in [2.45, 2.75) is 63.6 Å². The second-order valence-electron chi connectivity index (χ2n) is 12.8. The predicted molar refractivity (Wildman–Crippen MR) is 175 cm³/mol. The summed E-state index contributed by atoms with van der Waals surface area (Å²) >= 11 is 0. The van der Waals surface area contributed by atoms with E-state index in [0.29, 0.717) is 36.2 Å². The molecule has 3 aliphatic rings. The van der Waals surface area contributed by atoms with Crippen LogP contribution in [0, 0.1) is 35.8 Å². The number of nitrogens with one attached hydrogen (secondary N) is 1. The van der Waals surface area contributed by atoms with Gasteiger partial charge < -0.3 is 20.1 Å². The maximum absolute atomic E-state index is 17.1. The number of likely N-dealkylation sites (tertiary alicyclic amines) is 1. The first-order valence-corrected chi connectivity index (χ1v) is 16.1. The number of phenols is 1. The molecular weight excluding hydrogens is 624 g/mol. The number of hydrogen-bond donors (Lipinski definition) is 2. The van der Waals surface area contributed by atoms with E-state index < -0.39 is 23.7 Å². The minimum atomic E-state index is -2.67.